The van der Waals surface area contributed by atoms with Gasteiger partial charge in [-0.1, -0.05) is 19.9 Å². The Hall–Kier alpha value is -0.830. The van der Waals surface area contributed by atoms with Gasteiger partial charge in [-0.15, -0.1) is 0 Å². The summed E-state index contributed by atoms with van der Waals surface area (Å²) in [5.41, 5.74) is 0.911. The van der Waals surface area contributed by atoms with Crippen molar-refractivity contribution in [2.45, 2.75) is 20.3 Å². The molecule has 0 unspecified atom stereocenters. The summed E-state index contributed by atoms with van der Waals surface area (Å²) in [6.45, 7) is 5.58. The number of likely N-dealkylation sites (N-methyl/N-ethyl adjacent to an activating group) is 1. The lowest BCUT2D eigenvalue weighted by Crippen LogP contribution is -2.15. The fourth-order valence-corrected chi connectivity index (χ4v) is 0.958. The molecule has 70 valence electrons. The third-order valence-electron chi connectivity index (χ3n) is 1.52. The van der Waals surface area contributed by atoms with E-state index in [4.69, 9.17) is 0 Å². The summed E-state index contributed by atoms with van der Waals surface area (Å²) in [7, 11) is 1.86. The van der Waals surface area contributed by atoms with E-state index in [1.54, 1.807) is 0 Å². The van der Waals surface area contributed by atoms with E-state index in [1.807, 2.05) is 27.0 Å². The minimum absolute atomic E-state index is 0.0928. The molecule has 2 N–H and O–H groups in total. The predicted octanol–water partition coefficient (Wildman–Crippen LogP) is 0.678. The lowest BCUT2D eigenvalue weighted by atomic mass is 10.2. The Morgan fingerprint density at radius 3 is 2.67 bits per heavy atom. The first-order chi connectivity index (χ1) is 5.84. The molecular weight excluding hydrogens is 152 g/mol. The van der Waals surface area contributed by atoms with Gasteiger partial charge in [0, 0.05) is 18.7 Å². The molecule has 3 nitrogen and oxygen atoms in total. The van der Waals surface area contributed by atoms with Crippen LogP contribution in [0.2, 0.25) is 0 Å². The first kappa shape index (κ1) is 11.2. The first-order valence-electron chi connectivity index (χ1n) is 4.46. The maximum Gasteiger partial charge on any atom is 0.247 e. The van der Waals surface area contributed by atoms with Crippen LogP contribution < -0.4 is 10.6 Å². The van der Waals surface area contributed by atoms with E-state index in [-0.39, 0.29) is 5.91 Å². The van der Waals surface area contributed by atoms with Gasteiger partial charge in [0.2, 0.25) is 5.91 Å². The molecule has 1 saturated heterocycles. The summed E-state index contributed by atoms with van der Waals surface area (Å²) in [5.74, 6) is 0.0928. The largest absolute Gasteiger partial charge is 0.352 e. The molecular formula is C9H18N2O. The van der Waals surface area contributed by atoms with E-state index >= 15 is 0 Å². The van der Waals surface area contributed by atoms with Gasteiger partial charge in [0.1, 0.15) is 0 Å². The Morgan fingerprint density at radius 2 is 2.25 bits per heavy atom. The summed E-state index contributed by atoms with van der Waals surface area (Å²) >= 11 is 0. The van der Waals surface area contributed by atoms with Crippen molar-refractivity contribution < 1.29 is 4.79 Å². The molecule has 3 heteroatoms. The molecule has 1 rings (SSSR count). The molecule has 0 saturated carbocycles. The van der Waals surface area contributed by atoms with Gasteiger partial charge >= 0.3 is 0 Å². The quantitative estimate of drug-likeness (QED) is 0.598. The van der Waals surface area contributed by atoms with Crippen LogP contribution in [0, 0.1) is 0 Å². The number of carbonyl (C=O) groups is 1. The van der Waals surface area contributed by atoms with Crippen molar-refractivity contribution >= 4 is 5.91 Å². The Balaban J connectivity index is 0.000000561. The zero-order valence-corrected chi connectivity index (χ0v) is 8.11. The van der Waals surface area contributed by atoms with E-state index < -0.39 is 0 Å². The van der Waals surface area contributed by atoms with Crippen LogP contribution in [-0.4, -0.2) is 26.0 Å². The number of hydrogen-bond donors (Lipinski definition) is 2. The normalized spacial score (nSPS) is 18.6. The van der Waals surface area contributed by atoms with Crippen molar-refractivity contribution in [3.63, 3.8) is 0 Å². The van der Waals surface area contributed by atoms with Gasteiger partial charge in [-0.25, -0.2) is 0 Å². The van der Waals surface area contributed by atoms with E-state index in [0.29, 0.717) is 0 Å². The maximum atomic E-state index is 10.9. The fourth-order valence-electron chi connectivity index (χ4n) is 0.958. The summed E-state index contributed by atoms with van der Waals surface area (Å²) in [6.07, 6.45) is 2.81. The molecule has 12 heavy (non-hydrogen) atoms. The summed E-state index contributed by atoms with van der Waals surface area (Å²) in [5, 5.41) is 5.70. The van der Waals surface area contributed by atoms with Gasteiger partial charge in [-0.05, 0) is 13.5 Å². The highest BCUT2D eigenvalue weighted by Crippen LogP contribution is 2.05. The monoisotopic (exact) mass is 170 g/mol. The van der Waals surface area contributed by atoms with Crippen molar-refractivity contribution in [3.05, 3.63) is 11.6 Å². The Labute approximate surface area is 74.2 Å². The molecule has 0 aromatic carbocycles. The van der Waals surface area contributed by atoms with Crippen LogP contribution in [0.5, 0.6) is 0 Å². The number of carbonyl (C=O) groups excluding carboxylic acids is 1. The van der Waals surface area contributed by atoms with Crippen LogP contribution in [0.25, 0.3) is 0 Å². The molecule has 1 fully saturated rings. The van der Waals surface area contributed by atoms with Gasteiger partial charge in [0.15, 0.2) is 0 Å². The van der Waals surface area contributed by atoms with Crippen molar-refractivity contribution in [2.75, 3.05) is 20.1 Å². The first-order valence-corrected chi connectivity index (χ1v) is 4.46. The molecule has 1 heterocycles. The predicted molar refractivity (Wildman–Crippen MR) is 51.0 cm³/mol. The van der Waals surface area contributed by atoms with Gasteiger partial charge in [0.05, 0.1) is 0 Å². The van der Waals surface area contributed by atoms with Crippen molar-refractivity contribution in [1.29, 1.82) is 0 Å². The fraction of sp³-hybridized carbons (Fsp3) is 0.667. The second kappa shape index (κ2) is 6.85. The number of nitrogens with one attached hydrogen (secondary N) is 2. The molecule has 0 radical (unpaired) electrons. The highest BCUT2D eigenvalue weighted by molar-refractivity contribution is 5.95. The minimum Gasteiger partial charge on any atom is -0.352 e. The van der Waals surface area contributed by atoms with Crippen LogP contribution in [0.4, 0.5) is 0 Å². The zero-order valence-electron chi connectivity index (χ0n) is 8.11. The van der Waals surface area contributed by atoms with E-state index in [0.717, 1.165) is 25.1 Å². The van der Waals surface area contributed by atoms with E-state index in [9.17, 15) is 4.79 Å². The molecule has 1 aliphatic heterocycles. The van der Waals surface area contributed by atoms with Crippen molar-refractivity contribution in [2.24, 2.45) is 0 Å². The van der Waals surface area contributed by atoms with Gasteiger partial charge in [0.25, 0.3) is 0 Å². The van der Waals surface area contributed by atoms with Crippen LogP contribution in [0.3, 0.4) is 0 Å². The van der Waals surface area contributed by atoms with Gasteiger partial charge in [-0.2, -0.15) is 0 Å². The minimum atomic E-state index is 0.0928. The zero-order chi connectivity index (χ0) is 9.40. The van der Waals surface area contributed by atoms with Crippen molar-refractivity contribution in [1.82, 2.24) is 10.6 Å². The molecule has 1 aliphatic rings. The third-order valence-corrected chi connectivity index (χ3v) is 1.52. The second-order valence-electron chi connectivity index (χ2n) is 2.29. The Bertz CT molecular complexity index is 164. The summed E-state index contributed by atoms with van der Waals surface area (Å²) in [6, 6.07) is 0. The van der Waals surface area contributed by atoms with Crippen LogP contribution in [-0.2, 0) is 4.79 Å². The standard InChI is InChI=1S/C7H12N2O.C2H6/c1-8-4-2-6-3-5-9-7(6)10;1-2/h2,8H,3-5H2,1H3,(H,9,10);1-2H3/b6-2-;. The lowest BCUT2D eigenvalue weighted by molar-refractivity contribution is -0.116. The summed E-state index contributed by atoms with van der Waals surface area (Å²) < 4.78 is 0. The van der Waals surface area contributed by atoms with Gasteiger partial charge in [-0.3, -0.25) is 4.79 Å². The smallest absolute Gasteiger partial charge is 0.247 e. The molecule has 1 amide bonds. The molecule has 0 aliphatic carbocycles. The molecule has 0 bridgehead atoms. The van der Waals surface area contributed by atoms with E-state index in [1.165, 1.54) is 0 Å². The Morgan fingerprint density at radius 1 is 1.58 bits per heavy atom. The number of hydrogen-bond acceptors (Lipinski definition) is 2. The lowest BCUT2D eigenvalue weighted by Gasteiger charge is -1.91. The number of amides is 1. The maximum absolute atomic E-state index is 10.9. The third kappa shape index (κ3) is 3.53. The Kier molecular flexibility index (Phi) is 6.38. The number of rotatable bonds is 2. The topological polar surface area (TPSA) is 41.1 Å². The molecule has 0 spiro atoms. The van der Waals surface area contributed by atoms with E-state index in [2.05, 4.69) is 10.6 Å². The van der Waals surface area contributed by atoms with Crippen molar-refractivity contribution in [3.8, 4) is 0 Å². The van der Waals surface area contributed by atoms with Crippen LogP contribution in [0.15, 0.2) is 11.6 Å². The molecule has 0 aromatic heterocycles. The molecule has 0 atom stereocenters. The molecule has 0 aromatic rings. The van der Waals surface area contributed by atoms with Crippen LogP contribution >= 0.6 is 0 Å². The van der Waals surface area contributed by atoms with Crippen LogP contribution in [0.1, 0.15) is 20.3 Å². The average Bonchev–Trinajstić information content (AvgIpc) is 2.51. The highest BCUT2D eigenvalue weighted by atomic mass is 16.1. The SMILES string of the molecule is CC.CNC/C=C1/CCNC1=O. The highest BCUT2D eigenvalue weighted by Gasteiger charge is 2.14. The summed E-state index contributed by atoms with van der Waals surface area (Å²) in [4.78, 5) is 10.9. The second-order valence-corrected chi connectivity index (χ2v) is 2.29. The average molecular weight is 170 g/mol. The van der Waals surface area contributed by atoms with Gasteiger partial charge < -0.3 is 10.6 Å².